The molecule has 1 unspecified atom stereocenters. The minimum Gasteiger partial charge on any atom is -0.325 e. The zero-order chi connectivity index (χ0) is 16.1. The number of hydrogen-bond donors (Lipinski definition) is 1. The average molecular weight is 327 g/mol. The van der Waals surface area contributed by atoms with Gasteiger partial charge < -0.3 is 5.32 Å². The van der Waals surface area contributed by atoms with E-state index in [1.807, 2.05) is 0 Å². The van der Waals surface area contributed by atoms with Crippen molar-refractivity contribution in [3.8, 4) is 0 Å². The largest absolute Gasteiger partial charge is 0.416 e. The third-order valence-electron chi connectivity index (χ3n) is 3.89. The van der Waals surface area contributed by atoms with E-state index in [1.165, 1.54) is 18.3 Å². The number of anilines is 1. The summed E-state index contributed by atoms with van der Waals surface area (Å²) in [6.45, 7) is 1.65. The lowest BCUT2D eigenvalue weighted by molar-refractivity contribution is -0.137. The maximum atomic E-state index is 12.8. The molecule has 7 heteroatoms. The number of rotatable bonds is 1. The van der Waals surface area contributed by atoms with Crippen LogP contribution in [0.5, 0.6) is 0 Å². The molecular formula is C15H10ClF3N2O. The standard InChI is InChI=1S/C15H10ClF3N2O/c1-14(8-4-5-20-12(16)7-8)10-3-2-9(15(17,18)19)6-11(10)21-13(14)22/h2-7H,1H3,(H,21,22). The van der Waals surface area contributed by atoms with Crippen LogP contribution in [-0.2, 0) is 16.4 Å². The highest BCUT2D eigenvalue weighted by Crippen LogP contribution is 2.44. The highest BCUT2D eigenvalue weighted by molar-refractivity contribution is 6.29. The molecule has 1 atom stereocenters. The molecule has 1 aromatic carbocycles. The van der Waals surface area contributed by atoms with Crippen molar-refractivity contribution in [3.05, 3.63) is 58.4 Å². The number of pyridine rings is 1. The smallest absolute Gasteiger partial charge is 0.325 e. The Morgan fingerprint density at radius 1 is 1.23 bits per heavy atom. The number of halogens is 4. The molecular weight excluding hydrogens is 317 g/mol. The SMILES string of the molecule is CC1(c2ccnc(Cl)c2)C(=O)Nc2cc(C(F)(F)F)ccc21. The number of carbonyl (C=O) groups excluding carboxylic acids is 1. The van der Waals surface area contributed by atoms with E-state index in [0.717, 1.165) is 12.1 Å². The first-order chi connectivity index (χ1) is 10.2. The minimum absolute atomic E-state index is 0.162. The van der Waals surface area contributed by atoms with Crippen LogP contribution in [0.15, 0.2) is 36.5 Å². The Kier molecular flexibility index (Phi) is 3.18. The number of nitrogens with zero attached hydrogens (tertiary/aromatic N) is 1. The summed E-state index contributed by atoms with van der Waals surface area (Å²) in [5.74, 6) is -0.399. The van der Waals surface area contributed by atoms with E-state index in [9.17, 15) is 18.0 Å². The van der Waals surface area contributed by atoms with Gasteiger partial charge in [-0.05, 0) is 42.3 Å². The zero-order valence-corrected chi connectivity index (χ0v) is 12.1. The summed E-state index contributed by atoms with van der Waals surface area (Å²) >= 11 is 5.85. The maximum absolute atomic E-state index is 12.8. The predicted octanol–water partition coefficient (Wildman–Crippen LogP) is 4.01. The number of nitrogens with one attached hydrogen (secondary N) is 1. The van der Waals surface area contributed by atoms with Gasteiger partial charge in [0.15, 0.2) is 0 Å². The molecule has 1 aromatic heterocycles. The molecule has 1 aliphatic rings. The molecule has 1 aliphatic heterocycles. The molecule has 0 radical (unpaired) electrons. The van der Waals surface area contributed by atoms with Crippen molar-refractivity contribution >= 4 is 23.2 Å². The quantitative estimate of drug-likeness (QED) is 0.804. The Morgan fingerprint density at radius 2 is 1.95 bits per heavy atom. The minimum atomic E-state index is -4.46. The van der Waals surface area contributed by atoms with E-state index in [2.05, 4.69) is 10.3 Å². The second-order valence-electron chi connectivity index (χ2n) is 5.20. The lowest BCUT2D eigenvalue weighted by Gasteiger charge is -2.23. The van der Waals surface area contributed by atoms with E-state index >= 15 is 0 Å². The third-order valence-corrected chi connectivity index (χ3v) is 4.10. The molecule has 22 heavy (non-hydrogen) atoms. The molecule has 0 saturated carbocycles. The molecule has 0 bridgehead atoms. The first-order valence-corrected chi connectivity index (χ1v) is 6.76. The Hall–Kier alpha value is -2.08. The first-order valence-electron chi connectivity index (χ1n) is 6.38. The molecule has 2 heterocycles. The molecule has 0 saturated heterocycles. The number of hydrogen-bond acceptors (Lipinski definition) is 2. The maximum Gasteiger partial charge on any atom is 0.416 e. The summed E-state index contributed by atoms with van der Waals surface area (Å²) in [5, 5.41) is 2.73. The van der Waals surface area contributed by atoms with Crippen molar-refractivity contribution in [1.29, 1.82) is 0 Å². The molecule has 1 N–H and O–H groups in total. The first kappa shape index (κ1) is 14.8. The number of carbonyl (C=O) groups is 1. The van der Waals surface area contributed by atoms with Crippen molar-refractivity contribution in [3.63, 3.8) is 0 Å². The number of fused-ring (bicyclic) bond motifs is 1. The van der Waals surface area contributed by atoms with Gasteiger partial charge in [0.2, 0.25) is 5.91 Å². The van der Waals surface area contributed by atoms with E-state index < -0.39 is 23.1 Å². The van der Waals surface area contributed by atoms with Crippen molar-refractivity contribution in [1.82, 2.24) is 4.98 Å². The molecule has 0 aliphatic carbocycles. The van der Waals surface area contributed by atoms with Gasteiger partial charge in [-0.2, -0.15) is 13.2 Å². The van der Waals surface area contributed by atoms with Crippen LogP contribution in [0.4, 0.5) is 18.9 Å². The van der Waals surface area contributed by atoms with Gasteiger partial charge in [-0.1, -0.05) is 17.7 Å². The van der Waals surface area contributed by atoms with Crippen LogP contribution in [0.25, 0.3) is 0 Å². The highest BCUT2D eigenvalue weighted by Gasteiger charge is 2.45. The summed E-state index contributed by atoms with van der Waals surface area (Å²) in [6.07, 6.45) is -3.00. The van der Waals surface area contributed by atoms with Gasteiger partial charge in [-0.15, -0.1) is 0 Å². The van der Waals surface area contributed by atoms with E-state index in [0.29, 0.717) is 11.1 Å². The van der Waals surface area contributed by atoms with Gasteiger partial charge in [0.1, 0.15) is 5.15 Å². The van der Waals surface area contributed by atoms with Gasteiger partial charge in [-0.25, -0.2) is 4.98 Å². The summed E-state index contributed by atoms with van der Waals surface area (Å²) in [6, 6.07) is 6.40. The molecule has 0 spiro atoms. The van der Waals surface area contributed by atoms with Crippen LogP contribution >= 0.6 is 11.6 Å². The van der Waals surface area contributed by atoms with Crippen LogP contribution in [0.1, 0.15) is 23.6 Å². The Balaban J connectivity index is 2.16. The van der Waals surface area contributed by atoms with Gasteiger partial charge in [0, 0.05) is 11.9 Å². The molecule has 114 valence electrons. The Labute approximate surface area is 129 Å². The van der Waals surface area contributed by atoms with E-state index in [4.69, 9.17) is 11.6 Å². The normalized spacial score (nSPS) is 20.7. The van der Waals surface area contributed by atoms with Gasteiger partial charge in [0.05, 0.1) is 11.0 Å². The van der Waals surface area contributed by atoms with Gasteiger partial charge in [0.25, 0.3) is 0 Å². The fraction of sp³-hybridized carbons (Fsp3) is 0.200. The van der Waals surface area contributed by atoms with Crippen LogP contribution in [0.3, 0.4) is 0 Å². The zero-order valence-electron chi connectivity index (χ0n) is 11.3. The summed E-state index contributed by atoms with van der Waals surface area (Å²) in [4.78, 5) is 16.2. The predicted molar refractivity (Wildman–Crippen MR) is 75.8 cm³/mol. The van der Waals surface area contributed by atoms with Gasteiger partial charge in [-0.3, -0.25) is 4.79 Å². The summed E-state index contributed by atoms with van der Waals surface area (Å²) in [5.41, 5.74) is -0.693. The van der Waals surface area contributed by atoms with Crippen molar-refractivity contribution < 1.29 is 18.0 Å². The number of alkyl halides is 3. The van der Waals surface area contributed by atoms with Crippen molar-refractivity contribution in [2.45, 2.75) is 18.5 Å². The van der Waals surface area contributed by atoms with Crippen molar-refractivity contribution in [2.24, 2.45) is 0 Å². The topological polar surface area (TPSA) is 42.0 Å². The second-order valence-corrected chi connectivity index (χ2v) is 5.59. The Morgan fingerprint density at radius 3 is 2.59 bits per heavy atom. The van der Waals surface area contributed by atoms with E-state index in [-0.39, 0.29) is 10.8 Å². The lowest BCUT2D eigenvalue weighted by atomic mass is 9.77. The van der Waals surface area contributed by atoms with Gasteiger partial charge >= 0.3 is 6.18 Å². The second kappa shape index (κ2) is 4.71. The number of amides is 1. The monoisotopic (exact) mass is 326 g/mol. The van der Waals surface area contributed by atoms with Crippen LogP contribution < -0.4 is 5.32 Å². The number of benzene rings is 1. The average Bonchev–Trinajstić information content (AvgIpc) is 2.70. The molecule has 3 rings (SSSR count). The summed E-state index contributed by atoms with van der Waals surface area (Å²) in [7, 11) is 0. The summed E-state index contributed by atoms with van der Waals surface area (Å²) < 4.78 is 38.4. The molecule has 2 aromatic rings. The van der Waals surface area contributed by atoms with Crippen molar-refractivity contribution in [2.75, 3.05) is 5.32 Å². The third kappa shape index (κ3) is 2.14. The lowest BCUT2D eigenvalue weighted by Crippen LogP contribution is -2.32. The number of aromatic nitrogens is 1. The molecule has 3 nitrogen and oxygen atoms in total. The van der Waals surface area contributed by atoms with Crippen LogP contribution in [0.2, 0.25) is 5.15 Å². The molecule has 0 fully saturated rings. The molecule has 1 amide bonds. The van der Waals surface area contributed by atoms with Crippen LogP contribution in [0, 0.1) is 0 Å². The fourth-order valence-electron chi connectivity index (χ4n) is 2.63. The van der Waals surface area contributed by atoms with Crippen LogP contribution in [-0.4, -0.2) is 10.9 Å². The van der Waals surface area contributed by atoms with E-state index in [1.54, 1.807) is 13.0 Å². The Bertz CT molecular complexity index is 776. The fourth-order valence-corrected chi connectivity index (χ4v) is 2.80. The highest BCUT2D eigenvalue weighted by atomic mass is 35.5.